The van der Waals surface area contributed by atoms with Gasteiger partial charge in [-0.1, -0.05) is 23.7 Å². The topological polar surface area (TPSA) is 51.5 Å². The first kappa shape index (κ1) is 14.3. The van der Waals surface area contributed by atoms with Crippen molar-refractivity contribution >= 4 is 23.3 Å². The van der Waals surface area contributed by atoms with Crippen LogP contribution < -0.4 is 14.2 Å². The number of halogens is 1. The van der Waals surface area contributed by atoms with Gasteiger partial charge in [-0.2, -0.15) is 5.26 Å². The van der Waals surface area contributed by atoms with Crippen LogP contribution in [-0.4, -0.2) is 13.9 Å². The van der Waals surface area contributed by atoms with E-state index in [4.69, 9.17) is 25.8 Å². The van der Waals surface area contributed by atoms with Crippen molar-refractivity contribution in [2.24, 2.45) is 0 Å². The molecule has 0 aromatic heterocycles. The number of ether oxygens (including phenoxy) is 3. The summed E-state index contributed by atoms with van der Waals surface area (Å²) in [6, 6.07) is 12.9. The zero-order chi connectivity index (χ0) is 15.5. The second-order valence-corrected chi connectivity index (χ2v) is 5.07. The van der Waals surface area contributed by atoms with E-state index in [1.807, 2.05) is 18.2 Å². The fourth-order valence-electron chi connectivity index (χ4n) is 2.21. The molecule has 0 atom stereocenters. The Bertz CT molecular complexity index is 776. The zero-order valence-corrected chi connectivity index (χ0v) is 12.6. The highest BCUT2D eigenvalue weighted by Gasteiger charge is 2.19. The maximum absolute atomic E-state index is 9.39. The van der Waals surface area contributed by atoms with Gasteiger partial charge >= 0.3 is 0 Å². The van der Waals surface area contributed by atoms with Crippen LogP contribution in [0, 0.1) is 11.3 Å². The number of methoxy groups -OCH3 is 1. The van der Waals surface area contributed by atoms with Crippen LogP contribution in [0.4, 0.5) is 0 Å². The van der Waals surface area contributed by atoms with Gasteiger partial charge in [0, 0.05) is 5.02 Å². The number of nitriles is 1. The summed E-state index contributed by atoms with van der Waals surface area (Å²) in [6.07, 6.45) is 1.77. The van der Waals surface area contributed by atoms with E-state index in [-0.39, 0.29) is 6.79 Å². The van der Waals surface area contributed by atoms with Gasteiger partial charge in [0.2, 0.25) is 12.5 Å². The average Bonchev–Trinajstić information content (AvgIpc) is 3.01. The first-order chi connectivity index (χ1) is 10.7. The highest BCUT2D eigenvalue weighted by atomic mass is 35.5. The van der Waals surface area contributed by atoms with Gasteiger partial charge < -0.3 is 14.2 Å². The monoisotopic (exact) mass is 313 g/mol. The molecule has 5 heteroatoms. The summed E-state index contributed by atoms with van der Waals surface area (Å²) >= 11 is 5.87. The number of nitrogens with zero attached hydrogens (tertiary/aromatic N) is 1. The molecule has 110 valence electrons. The predicted octanol–water partition coefficient (Wildman–Crippen LogP) is 4.14. The van der Waals surface area contributed by atoms with E-state index in [0.29, 0.717) is 27.8 Å². The third kappa shape index (κ3) is 2.72. The Kier molecular flexibility index (Phi) is 3.90. The van der Waals surface area contributed by atoms with E-state index in [1.54, 1.807) is 31.4 Å². The van der Waals surface area contributed by atoms with Crippen LogP contribution in [0.25, 0.3) is 11.6 Å². The number of benzene rings is 2. The first-order valence-electron chi connectivity index (χ1n) is 6.56. The van der Waals surface area contributed by atoms with E-state index < -0.39 is 0 Å². The van der Waals surface area contributed by atoms with Crippen molar-refractivity contribution in [2.45, 2.75) is 0 Å². The molecule has 0 amide bonds. The van der Waals surface area contributed by atoms with Crippen LogP contribution >= 0.6 is 11.6 Å². The average molecular weight is 314 g/mol. The molecule has 1 aliphatic heterocycles. The van der Waals surface area contributed by atoms with Crippen molar-refractivity contribution in [2.75, 3.05) is 13.9 Å². The molecule has 2 aromatic carbocycles. The fraction of sp³-hybridized carbons (Fsp3) is 0.118. The lowest BCUT2D eigenvalue weighted by Crippen LogP contribution is -1.93. The van der Waals surface area contributed by atoms with Gasteiger partial charge in [0.15, 0.2) is 11.5 Å². The summed E-state index contributed by atoms with van der Waals surface area (Å²) in [5, 5.41) is 10.0. The molecular weight excluding hydrogens is 302 g/mol. The van der Waals surface area contributed by atoms with E-state index in [2.05, 4.69) is 6.07 Å². The van der Waals surface area contributed by atoms with Gasteiger partial charge in [-0.25, -0.2) is 0 Å². The summed E-state index contributed by atoms with van der Waals surface area (Å²) in [6.45, 7) is 0.168. The van der Waals surface area contributed by atoms with Crippen molar-refractivity contribution in [1.29, 1.82) is 5.26 Å². The summed E-state index contributed by atoms with van der Waals surface area (Å²) in [5.41, 5.74) is 2.12. The Hall–Kier alpha value is -2.64. The summed E-state index contributed by atoms with van der Waals surface area (Å²) in [5.74, 6) is 1.78. The minimum absolute atomic E-state index is 0.168. The molecule has 22 heavy (non-hydrogen) atoms. The van der Waals surface area contributed by atoms with Crippen LogP contribution in [0.2, 0.25) is 5.02 Å². The van der Waals surface area contributed by atoms with Gasteiger partial charge in [0.1, 0.15) is 0 Å². The molecule has 0 radical (unpaired) electrons. The van der Waals surface area contributed by atoms with Crippen molar-refractivity contribution < 1.29 is 14.2 Å². The third-order valence-corrected chi connectivity index (χ3v) is 3.52. The number of hydrogen-bond acceptors (Lipinski definition) is 4. The Morgan fingerprint density at radius 2 is 2.05 bits per heavy atom. The Morgan fingerprint density at radius 3 is 2.73 bits per heavy atom. The van der Waals surface area contributed by atoms with Crippen LogP contribution in [0.3, 0.4) is 0 Å². The highest BCUT2D eigenvalue weighted by Crippen LogP contribution is 2.42. The molecule has 1 heterocycles. The van der Waals surface area contributed by atoms with Crippen molar-refractivity contribution in [3.8, 4) is 23.3 Å². The van der Waals surface area contributed by atoms with E-state index in [9.17, 15) is 5.26 Å². The molecular formula is C17H12ClNO3. The standard InChI is InChI=1S/C17H12ClNO3/c1-20-15-7-11(8-16-17(15)22-10-21-16)6-13(9-19)12-2-4-14(18)5-3-12/h2-8H,10H2,1H3/b13-6+. The molecule has 1 aliphatic rings. The molecule has 2 aromatic rings. The largest absolute Gasteiger partial charge is 0.493 e. The van der Waals surface area contributed by atoms with Gasteiger partial charge in [0.05, 0.1) is 18.8 Å². The van der Waals surface area contributed by atoms with Crippen molar-refractivity contribution in [3.05, 3.63) is 52.5 Å². The molecule has 0 aliphatic carbocycles. The van der Waals surface area contributed by atoms with Crippen LogP contribution in [0.5, 0.6) is 17.2 Å². The van der Waals surface area contributed by atoms with Crippen LogP contribution in [-0.2, 0) is 0 Å². The zero-order valence-electron chi connectivity index (χ0n) is 11.8. The Morgan fingerprint density at radius 1 is 1.27 bits per heavy atom. The van der Waals surface area contributed by atoms with E-state index in [1.165, 1.54) is 0 Å². The van der Waals surface area contributed by atoms with Gasteiger partial charge in [-0.05, 0) is 41.5 Å². The Labute approximate surface area is 133 Å². The number of hydrogen-bond donors (Lipinski definition) is 0. The van der Waals surface area contributed by atoms with Gasteiger partial charge in [-0.15, -0.1) is 0 Å². The maximum atomic E-state index is 9.39. The van der Waals surface area contributed by atoms with Crippen LogP contribution in [0.1, 0.15) is 11.1 Å². The second kappa shape index (κ2) is 6.00. The fourth-order valence-corrected chi connectivity index (χ4v) is 2.34. The number of fused-ring (bicyclic) bond motifs is 1. The molecule has 0 N–H and O–H groups in total. The quantitative estimate of drug-likeness (QED) is 0.631. The molecule has 0 saturated carbocycles. The van der Waals surface area contributed by atoms with Crippen LogP contribution in [0.15, 0.2) is 36.4 Å². The molecule has 0 bridgehead atoms. The normalized spacial score (nSPS) is 12.9. The molecule has 0 saturated heterocycles. The summed E-state index contributed by atoms with van der Waals surface area (Å²) in [4.78, 5) is 0. The predicted molar refractivity (Wildman–Crippen MR) is 84.1 cm³/mol. The molecule has 0 fully saturated rings. The molecule has 3 rings (SSSR count). The van der Waals surface area contributed by atoms with Crippen molar-refractivity contribution in [3.63, 3.8) is 0 Å². The van der Waals surface area contributed by atoms with Gasteiger partial charge in [-0.3, -0.25) is 0 Å². The minimum Gasteiger partial charge on any atom is -0.493 e. The van der Waals surface area contributed by atoms with E-state index >= 15 is 0 Å². The lowest BCUT2D eigenvalue weighted by atomic mass is 10.0. The smallest absolute Gasteiger partial charge is 0.231 e. The molecule has 4 nitrogen and oxygen atoms in total. The van der Waals surface area contributed by atoms with E-state index in [0.717, 1.165) is 11.1 Å². The Balaban J connectivity index is 2.03. The lowest BCUT2D eigenvalue weighted by molar-refractivity contribution is 0.171. The third-order valence-electron chi connectivity index (χ3n) is 3.27. The summed E-state index contributed by atoms with van der Waals surface area (Å²) in [7, 11) is 1.56. The maximum Gasteiger partial charge on any atom is 0.231 e. The highest BCUT2D eigenvalue weighted by molar-refractivity contribution is 6.30. The number of allylic oxidation sites excluding steroid dienone is 1. The lowest BCUT2D eigenvalue weighted by Gasteiger charge is -2.06. The second-order valence-electron chi connectivity index (χ2n) is 4.63. The van der Waals surface area contributed by atoms with Crippen molar-refractivity contribution in [1.82, 2.24) is 0 Å². The molecule has 0 spiro atoms. The van der Waals surface area contributed by atoms with Gasteiger partial charge in [0.25, 0.3) is 0 Å². The molecule has 0 unspecified atom stereocenters. The number of rotatable bonds is 3. The minimum atomic E-state index is 0.168. The summed E-state index contributed by atoms with van der Waals surface area (Å²) < 4.78 is 16.0. The SMILES string of the molecule is COc1cc(/C=C(\C#N)c2ccc(Cl)cc2)cc2c1OCO2. The first-order valence-corrected chi connectivity index (χ1v) is 6.94.